The van der Waals surface area contributed by atoms with Gasteiger partial charge in [-0.1, -0.05) is 6.07 Å². The Morgan fingerprint density at radius 1 is 1.40 bits per heavy atom. The minimum atomic E-state index is -1.08. The van der Waals surface area contributed by atoms with Crippen LogP contribution in [0, 0.1) is 11.3 Å². The molecule has 0 aliphatic rings. The summed E-state index contributed by atoms with van der Waals surface area (Å²) in [6.07, 6.45) is -1.08. The highest BCUT2D eigenvalue weighted by atomic mass is 16.7. The molecule has 0 saturated carbocycles. The molecule has 76 valence electrons. The SMILES string of the molecule is COC(=O)OC(=O)c1cccc(C#N)c1. The van der Waals surface area contributed by atoms with E-state index in [0.717, 1.165) is 7.11 Å². The van der Waals surface area contributed by atoms with E-state index in [1.54, 1.807) is 0 Å². The fraction of sp³-hybridized carbons (Fsp3) is 0.100. The highest BCUT2D eigenvalue weighted by Gasteiger charge is 2.12. The second-order valence-electron chi connectivity index (χ2n) is 2.54. The lowest BCUT2D eigenvalue weighted by molar-refractivity contribution is 0.0452. The predicted molar refractivity (Wildman–Crippen MR) is 49.0 cm³/mol. The Balaban J connectivity index is 2.83. The van der Waals surface area contributed by atoms with E-state index in [-0.39, 0.29) is 5.56 Å². The largest absolute Gasteiger partial charge is 0.516 e. The third kappa shape index (κ3) is 2.81. The first-order valence-electron chi connectivity index (χ1n) is 3.97. The molecule has 0 saturated heterocycles. The molecule has 15 heavy (non-hydrogen) atoms. The molecular weight excluding hydrogens is 198 g/mol. The van der Waals surface area contributed by atoms with Gasteiger partial charge in [0.1, 0.15) is 0 Å². The van der Waals surface area contributed by atoms with Gasteiger partial charge in [0.25, 0.3) is 0 Å². The molecular formula is C10H7NO4. The average Bonchev–Trinajstić information content (AvgIpc) is 2.28. The zero-order valence-electron chi connectivity index (χ0n) is 7.89. The lowest BCUT2D eigenvalue weighted by Crippen LogP contribution is -2.12. The Morgan fingerprint density at radius 2 is 2.13 bits per heavy atom. The molecule has 1 aromatic rings. The summed E-state index contributed by atoms with van der Waals surface area (Å²) in [4.78, 5) is 21.9. The van der Waals surface area contributed by atoms with Crippen LogP contribution in [0.15, 0.2) is 24.3 Å². The van der Waals surface area contributed by atoms with Crippen LogP contribution in [0.2, 0.25) is 0 Å². The number of carbonyl (C=O) groups excluding carboxylic acids is 2. The molecule has 0 aromatic heterocycles. The number of carbonyl (C=O) groups is 2. The Morgan fingerprint density at radius 3 is 2.73 bits per heavy atom. The van der Waals surface area contributed by atoms with Crippen LogP contribution < -0.4 is 0 Å². The van der Waals surface area contributed by atoms with Gasteiger partial charge in [-0.05, 0) is 18.2 Å². The number of esters is 1. The maximum atomic E-state index is 11.2. The topological polar surface area (TPSA) is 76.4 Å². The summed E-state index contributed by atoms with van der Waals surface area (Å²) in [7, 11) is 1.10. The molecule has 0 atom stereocenters. The van der Waals surface area contributed by atoms with E-state index in [2.05, 4.69) is 9.47 Å². The van der Waals surface area contributed by atoms with Crippen LogP contribution >= 0.6 is 0 Å². The van der Waals surface area contributed by atoms with Crippen LogP contribution in [0.4, 0.5) is 4.79 Å². The highest BCUT2D eigenvalue weighted by Crippen LogP contribution is 2.06. The highest BCUT2D eigenvalue weighted by molar-refractivity contribution is 5.95. The minimum Gasteiger partial charge on any atom is -0.437 e. The fourth-order valence-electron chi connectivity index (χ4n) is 0.892. The molecule has 0 aliphatic heterocycles. The van der Waals surface area contributed by atoms with Crippen LogP contribution in [-0.2, 0) is 9.47 Å². The van der Waals surface area contributed by atoms with Crippen molar-refractivity contribution in [1.82, 2.24) is 0 Å². The summed E-state index contributed by atoms with van der Waals surface area (Å²) >= 11 is 0. The minimum absolute atomic E-state index is 0.124. The van der Waals surface area contributed by atoms with E-state index in [9.17, 15) is 9.59 Å². The van der Waals surface area contributed by atoms with E-state index in [1.807, 2.05) is 6.07 Å². The molecule has 1 aromatic carbocycles. The molecule has 0 radical (unpaired) electrons. The van der Waals surface area contributed by atoms with Gasteiger partial charge in [0.05, 0.1) is 24.3 Å². The van der Waals surface area contributed by atoms with E-state index in [0.29, 0.717) is 5.56 Å². The van der Waals surface area contributed by atoms with Crippen molar-refractivity contribution in [3.63, 3.8) is 0 Å². The molecule has 5 heteroatoms. The van der Waals surface area contributed by atoms with Gasteiger partial charge < -0.3 is 9.47 Å². The fourth-order valence-corrected chi connectivity index (χ4v) is 0.892. The van der Waals surface area contributed by atoms with Gasteiger partial charge in [-0.25, -0.2) is 9.59 Å². The quantitative estimate of drug-likeness (QED) is 0.512. The molecule has 1 rings (SSSR count). The van der Waals surface area contributed by atoms with E-state index < -0.39 is 12.1 Å². The summed E-state index contributed by atoms with van der Waals surface area (Å²) in [6, 6.07) is 7.68. The zero-order valence-corrected chi connectivity index (χ0v) is 7.89. The molecule has 0 fully saturated rings. The zero-order chi connectivity index (χ0) is 11.3. The van der Waals surface area contributed by atoms with Gasteiger partial charge in [-0.3, -0.25) is 0 Å². The van der Waals surface area contributed by atoms with Crippen LogP contribution in [0.5, 0.6) is 0 Å². The molecule has 0 spiro atoms. The van der Waals surface area contributed by atoms with Crippen LogP contribution in [0.3, 0.4) is 0 Å². The molecule has 0 bridgehead atoms. The first-order chi connectivity index (χ1) is 7.17. The number of ether oxygens (including phenoxy) is 2. The molecule has 0 unspecified atom stereocenters. The first-order valence-corrected chi connectivity index (χ1v) is 3.97. The van der Waals surface area contributed by atoms with Gasteiger partial charge in [0.2, 0.25) is 0 Å². The monoisotopic (exact) mass is 205 g/mol. The van der Waals surface area contributed by atoms with E-state index >= 15 is 0 Å². The van der Waals surface area contributed by atoms with Crippen molar-refractivity contribution >= 4 is 12.1 Å². The van der Waals surface area contributed by atoms with Crippen molar-refractivity contribution in [3.05, 3.63) is 35.4 Å². The van der Waals surface area contributed by atoms with Crippen molar-refractivity contribution in [1.29, 1.82) is 5.26 Å². The maximum absolute atomic E-state index is 11.2. The van der Waals surface area contributed by atoms with Gasteiger partial charge in [0.15, 0.2) is 0 Å². The van der Waals surface area contributed by atoms with Crippen molar-refractivity contribution in [2.75, 3.05) is 7.11 Å². The first kappa shape index (κ1) is 10.7. The van der Waals surface area contributed by atoms with Crippen molar-refractivity contribution in [2.45, 2.75) is 0 Å². The summed E-state index contributed by atoms with van der Waals surface area (Å²) in [5.74, 6) is -0.848. The summed E-state index contributed by atoms with van der Waals surface area (Å²) < 4.78 is 8.43. The van der Waals surface area contributed by atoms with Gasteiger partial charge >= 0.3 is 12.1 Å². The maximum Gasteiger partial charge on any atom is 0.516 e. The molecule has 0 aliphatic carbocycles. The second-order valence-corrected chi connectivity index (χ2v) is 2.54. The Bertz CT molecular complexity index is 433. The number of nitriles is 1. The third-order valence-corrected chi connectivity index (χ3v) is 1.57. The Labute approximate surface area is 85.8 Å². The van der Waals surface area contributed by atoms with Crippen LogP contribution in [0.1, 0.15) is 15.9 Å². The summed E-state index contributed by atoms with van der Waals surface area (Å²) in [5.41, 5.74) is 0.439. The van der Waals surface area contributed by atoms with Crippen LogP contribution in [-0.4, -0.2) is 19.2 Å². The Hall–Kier alpha value is -2.35. The van der Waals surface area contributed by atoms with Crippen molar-refractivity contribution in [3.8, 4) is 6.07 Å². The molecule has 5 nitrogen and oxygen atoms in total. The number of hydrogen-bond acceptors (Lipinski definition) is 5. The number of hydrogen-bond donors (Lipinski definition) is 0. The lowest BCUT2D eigenvalue weighted by Gasteiger charge is -2.00. The van der Waals surface area contributed by atoms with Gasteiger partial charge in [0, 0.05) is 0 Å². The predicted octanol–water partition coefficient (Wildman–Crippen LogP) is 1.48. The van der Waals surface area contributed by atoms with Gasteiger partial charge in [-0.15, -0.1) is 0 Å². The standard InChI is InChI=1S/C10H7NO4/c1-14-10(13)15-9(12)8-4-2-3-7(5-8)6-11/h2-5H,1H3. The second kappa shape index (κ2) is 4.77. The summed E-state index contributed by atoms with van der Waals surface area (Å²) in [6.45, 7) is 0. The normalized spacial score (nSPS) is 8.80. The molecule has 0 amide bonds. The smallest absolute Gasteiger partial charge is 0.437 e. The molecule has 0 heterocycles. The number of benzene rings is 1. The van der Waals surface area contributed by atoms with Crippen molar-refractivity contribution < 1.29 is 19.1 Å². The Kier molecular flexibility index (Phi) is 3.41. The number of nitrogens with zero attached hydrogens (tertiary/aromatic N) is 1. The van der Waals surface area contributed by atoms with Crippen LogP contribution in [0.25, 0.3) is 0 Å². The van der Waals surface area contributed by atoms with Crippen molar-refractivity contribution in [2.24, 2.45) is 0 Å². The van der Waals surface area contributed by atoms with E-state index in [1.165, 1.54) is 24.3 Å². The number of rotatable bonds is 1. The third-order valence-electron chi connectivity index (χ3n) is 1.57. The summed E-state index contributed by atoms with van der Waals surface area (Å²) in [5, 5.41) is 8.58. The number of methoxy groups -OCH3 is 1. The van der Waals surface area contributed by atoms with Gasteiger partial charge in [-0.2, -0.15) is 5.26 Å². The lowest BCUT2D eigenvalue weighted by atomic mass is 10.1. The van der Waals surface area contributed by atoms with E-state index in [4.69, 9.17) is 5.26 Å². The average molecular weight is 205 g/mol. The molecule has 0 N–H and O–H groups in total.